The summed E-state index contributed by atoms with van der Waals surface area (Å²) < 4.78 is 0. The zero-order chi connectivity index (χ0) is 16.9. The van der Waals surface area contributed by atoms with E-state index in [0.29, 0.717) is 5.92 Å². The van der Waals surface area contributed by atoms with Crippen molar-refractivity contribution < 1.29 is 9.90 Å². The van der Waals surface area contributed by atoms with Gasteiger partial charge in [-0.2, -0.15) is 0 Å². The van der Waals surface area contributed by atoms with E-state index in [1.54, 1.807) is 6.07 Å². The minimum absolute atomic E-state index is 0.188. The summed E-state index contributed by atoms with van der Waals surface area (Å²) in [6, 6.07) is 7.82. The van der Waals surface area contributed by atoms with Crippen LogP contribution in [0.1, 0.15) is 47.8 Å². The fourth-order valence-electron chi connectivity index (χ4n) is 3.44. The Kier molecular flexibility index (Phi) is 3.43. The van der Waals surface area contributed by atoms with Gasteiger partial charge in [0.05, 0.1) is 5.69 Å². The van der Waals surface area contributed by atoms with Crippen LogP contribution in [0, 0.1) is 12.8 Å². The molecule has 0 saturated carbocycles. The lowest BCUT2D eigenvalue weighted by atomic mass is 9.64. The lowest BCUT2D eigenvalue weighted by molar-refractivity contribution is 0.0694. The van der Waals surface area contributed by atoms with Crippen molar-refractivity contribution >= 4 is 5.97 Å². The Bertz CT molecular complexity index is 863. The number of hydrogen-bond donors (Lipinski definition) is 2. The van der Waals surface area contributed by atoms with E-state index in [2.05, 4.69) is 44.0 Å². The van der Waals surface area contributed by atoms with E-state index in [1.807, 2.05) is 6.92 Å². The van der Waals surface area contributed by atoms with Crippen LogP contribution in [0.15, 0.2) is 29.1 Å². The SMILES string of the molecule is Cc1ccc2c(c1)-c1[nH]c(=O)c(C(=O)O)cc1C(C)(C(C)C)C2. The molecule has 1 atom stereocenters. The number of aromatic carboxylic acids is 1. The second-order valence-corrected chi connectivity index (χ2v) is 7.02. The van der Waals surface area contributed by atoms with Gasteiger partial charge in [-0.15, -0.1) is 0 Å². The zero-order valence-electron chi connectivity index (χ0n) is 13.9. The number of aromatic amines is 1. The number of fused-ring (bicyclic) bond motifs is 3. The molecule has 2 aromatic rings. The third kappa shape index (κ3) is 2.29. The van der Waals surface area contributed by atoms with E-state index in [-0.39, 0.29) is 11.0 Å². The quantitative estimate of drug-likeness (QED) is 0.891. The van der Waals surface area contributed by atoms with Crippen LogP contribution >= 0.6 is 0 Å². The van der Waals surface area contributed by atoms with Crippen LogP contribution in [0.25, 0.3) is 11.3 Å². The molecule has 4 heteroatoms. The number of benzene rings is 1. The summed E-state index contributed by atoms with van der Waals surface area (Å²) in [5, 5.41) is 9.30. The predicted octanol–water partition coefficient (Wildman–Crippen LogP) is 3.52. The van der Waals surface area contributed by atoms with Crippen LogP contribution < -0.4 is 5.56 Å². The molecule has 1 heterocycles. The van der Waals surface area contributed by atoms with E-state index in [0.717, 1.165) is 28.8 Å². The van der Waals surface area contributed by atoms with Crippen LogP contribution in [0.5, 0.6) is 0 Å². The van der Waals surface area contributed by atoms with Gasteiger partial charge in [0.25, 0.3) is 5.56 Å². The van der Waals surface area contributed by atoms with Crippen molar-refractivity contribution in [3.63, 3.8) is 0 Å². The van der Waals surface area contributed by atoms with Gasteiger partial charge in [0.15, 0.2) is 0 Å². The van der Waals surface area contributed by atoms with E-state index in [4.69, 9.17) is 0 Å². The molecule has 1 aromatic heterocycles. The molecular formula is C19H21NO3. The van der Waals surface area contributed by atoms with Crippen molar-refractivity contribution in [2.24, 2.45) is 5.92 Å². The Morgan fingerprint density at radius 1 is 1.30 bits per heavy atom. The number of pyridine rings is 1. The number of rotatable bonds is 2. The number of aromatic nitrogens is 1. The summed E-state index contributed by atoms with van der Waals surface area (Å²) >= 11 is 0. The van der Waals surface area contributed by atoms with E-state index in [9.17, 15) is 14.7 Å². The number of H-pyrrole nitrogens is 1. The van der Waals surface area contributed by atoms with E-state index >= 15 is 0 Å². The molecule has 4 nitrogen and oxygen atoms in total. The molecule has 0 amide bonds. The first kappa shape index (κ1) is 15.5. The smallest absolute Gasteiger partial charge is 0.341 e. The topological polar surface area (TPSA) is 70.2 Å². The molecule has 0 saturated heterocycles. The van der Waals surface area contributed by atoms with Gasteiger partial charge in [-0.25, -0.2) is 4.79 Å². The highest BCUT2D eigenvalue weighted by molar-refractivity contribution is 5.88. The van der Waals surface area contributed by atoms with Gasteiger partial charge < -0.3 is 10.1 Å². The first-order chi connectivity index (χ1) is 10.7. The Morgan fingerprint density at radius 2 is 2.00 bits per heavy atom. The maximum absolute atomic E-state index is 12.2. The molecule has 1 unspecified atom stereocenters. The molecule has 0 spiro atoms. The van der Waals surface area contributed by atoms with Gasteiger partial charge in [-0.1, -0.05) is 38.5 Å². The summed E-state index contributed by atoms with van der Waals surface area (Å²) in [4.78, 5) is 26.4. The average molecular weight is 311 g/mol. The van der Waals surface area contributed by atoms with Gasteiger partial charge in [-0.05, 0) is 42.5 Å². The highest BCUT2D eigenvalue weighted by Gasteiger charge is 2.38. The van der Waals surface area contributed by atoms with Crippen LogP contribution in [0.2, 0.25) is 0 Å². The Morgan fingerprint density at radius 3 is 2.61 bits per heavy atom. The van der Waals surface area contributed by atoms with Crippen LogP contribution in [-0.4, -0.2) is 16.1 Å². The lowest BCUT2D eigenvalue weighted by Gasteiger charge is -2.40. The summed E-state index contributed by atoms with van der Waals surface area (Å²) in [6.07, 6.45) is 0.832. The molecule has 0 radical (unpaired) electrons. The molecule has 0 aliphatic heterocycles. The van der Waals surface area contributed by atoms with E-state index in [1.165, 1.54) is 5.56 Å². The standard InChI is InChI=1S/C19H21NO3/c1-10(2)19(4)9-12-6-5-11(3)7-13(12)16-15(19)8-14(18(22)23)17(21)20-16/h5-8,10H,9H2,1-4H3,(H,20,21)(H,22,23). The van der Waals surface area contributed by atoms with Gasteiger partial charge in [0.1, 0.15) is 5.56 Å². The first-order valence-electron chi connectivity index (χ1n) is 7.85. The normalized spacial score (nSPS) is 19.3. The maximum Gasteiger partial charge on any atom is 0.341 e. The summed E-state index contributed by atoms with van der Waals surface area (Å²) in [5.74, 6) is -0.876. The average Bonchev–Trinajstić information content (AvgIpc) is 2.47. The van der Waals surface area contributed by atoms with E-state index < -0.39 is 11.5 Å². The molecule has 0 fully saturated rings. The van der Waals surface area contributed by atoms with Gasteiger partial charge in [0.2, 0.25) is 0 Å². The second-order valence-electron chi connectivity index (χ2n) is 7.02. The van der Waals surface area contributed by atoms with Crippen molar-refractivity contribution in [2.45, 2.75) is 39.5 Å². The number of carboxylic acid groups (broad SMARTS) is 1. The highest BCUT2D eigenvalue weighted by Crippen LogP contribution is 2.46. The maximum atomic E-state index is 12.2. The Hall–Kier alpha value is -2.36. The minimum Gasteiger partial charge on any atom is -0.477 e. The largest absolute Gasteiger partial charge is 0.477 e. The lowest BCUT2D eigenvalue weighted by Crippen LogP contribution is -2.37. The second kappa shape index (κ2) is 5.08. The number of aryl methyl sites for hydroxylation is 1. The number of carboxylic acids is 1. The summed E-state index contributed by atoms with van der Waals surface area (Å²) in [6.45, 7) is 8.42. The molecule has 3 rings (SSSR count). The zero-order valence-corrected chi connectivity index (χ0v) is 13.9. The summed E-state index contributed by atoms with van der Waals surface area (Å²) in [7, 11) is 0. The summed E-state index contributed by atoms with van der Waals surface area (Å²) in [5.41, 5.74) is 4.05. The fourth-order valence-corrected chi connectivity index (χ4v) is 3.44. The third-order valence-electron chi connectivity index (χ3n) is 5.25. The van der Waals surface area contributed by atoms with Crippen LogP contribution in [-0.2, 0) is 11.8 Å². The third-order valence-corrected chi connectivity index (χ3v) is 5.25. The van der Waals surface area contributed by atoms with Crippen LogP contribution in [0.3, 0.4) is 0 Å². The molecule has 23 heavy (non-hydrogen) atoms. The number of nitrogens with one attached hydrogen (secondary N) is 1. The van der Waals surface area contributed by atoms with Gasteiger partial charge >= 0.3 is 5.97 Å². The molecule has 1 aliphatic rings. The molecular weight excluding hydrogens is 290 g/mol. The Balaban J connectivity index is 2.39. The fraction of sp³-hybridized carbons (Fsp3) is 0.368. The van der Waals surface area contributed by atoms with Crippen LogP contribution in [0.4, 0.5) is 0 Å². The van der Waals surface area contributed by atoms with Crippen molar-refractivity contribution in [2.75, 3.05) is 0 Å². The molecule has 2 N–H and O–H groups in total. The predicted molar refractivity (Wildman–Crippen MR) is 90.1 cm³/mol. The molecule has 120 valence electrons. The number of carbonyl (C=O) groups is 1. The first-order valence-corrected chi connectivity index (χ1v) is 7.85. The van der Waals surface area contributed by atoms with Gasteiger partial charge in [-0.3, -0.25) is 4.79 Å². The molecule has 1 aliphatic carbocycles. The number of hydrogen-bond acceptors (Lipinski definition) is 2. The minimum atomic E-state index is -1.19. The van der Waals surface area contributed by atoms with Crippen molar-refractivity contribution in [1.82, 2.24) is 4.98 Å². The molecule has 1 aromatic carbocycles. The van der Waals surface area contributed by atoms with Crippen molar-refractivity contribution in [3.05, 3.63) is 56.9 Å². The van der Waals surface area contributed by atoms with Crippen molar-refractivity contribution in [3.8, 4) is 11.3 Å². The van der Waals surface area contributed by atoms with Crippen molar-refractivity contribution in [1.29, 1.82) is 0 Å². The Labute approximate surface area is 135 Å². The van der Waals surface area contributed by atoms with Gasteiger partial charge in [0, 0.05) is 11.0 Å². The molecule has 0 bridgehead atoms. The monoisotopic (exact) mass is 311 g/mol. The highest BCUT2D eigenvalue weighted by atomic mass is 16.4.